The van der Waals surface area contributed by atoms with Crippen molar-refractivity contribution >= 4 is 12.0 Å². The molecule has 1 N–H and O–H groups in total. The van der Waals surface area contributed by atoms with Crippen LogP contribution in [0.15, 0.2) is 47.1 Å². The molecule has 0 radical (unpaired) electrons. The van der Waals surface area contributed by atoms with Gasteiger partial charge in [-0.2, -0.15) is 0 Å². The van der Waals surface area contributed by atoms with Gasteiger partial charge in [-0.3, -0.25) is 4.79 Å². The molecular formula is C17H17NO4. The number of carbonyl (C=O) groups excluding carboxylic acids is 1. The smallest absolute Gasteiger partial charge is 0.244 e. The Hall–Kier alpha value is -2.69. The van der Waals surface area contributed by atoms with Crippen molar-refractivity contribution in [3.8, 4) is 11.5 Å². The maximum atomic E-state index is 11.9. The first-order valence-corrected chi connectivity index (χ1v) is 7.11. The Bertz CT molecular complexity index is 676. The van der Waals surface area contributed by atoms with E-state index < -0.39 is 0 Å². The number of furan rings is 1. The number of amides is 1. The maximum Gasteiger partial charge on any atom is 0.244 e. The number of benzene rings is 1. The Kier molecular flexibility index (Phi) is 4.14. The molecule has 22 heavy (non-hydrogen) atoms. The zero-order valence-electron chi connectivity index (χ0n) is 12.2. The molecule has 1 aromatic heterocycles. The normalized spacial score (nSPS) is 14.2. The summed E-state index contributed by atoms with van der Waals surface area (Å²) >= 11 is 0. The van der Waals surface area contributed by atoms with Crippen LogP contribution in [0.5, 0.6) is 11.5 Å². The summed E-state index contributed by atoms with van der Waals surface area (Å²) in [6.07, 6.45) is 5.55. The summed E-state index contributed by atoms with van der Waals surface area (Å²) in [5.41, 5.74) is 0.887. The monoisotopic (exact) mass is 299 g/mol. The summed E-state index contributed by atoms with van der Waals surface area (Å²) in [4.78, 5) is 11.9. The maximum absolute atomic E-state index is 11.9. The van der Waals surface area contributed by atoms with Gasteiger partial charge < -0.3 is 19.2 Å². The van der Waals surface area contributed by atoms with Gasteiger partial charge in [0.05, 0.1) is 6.26 Å². The average molecular weight is 299 g/mol. The molecule has 2 heterocycles. The Morgan fingerprint density at radius 3 is 3.00 bits per heavy atom. The van der Waals surface area contributed by atoms with Gasteiger partial charge in [-0.1, -0.05) is 6.07 Å². The van der Waals surface area contributed by atoms with Crippen LogP contribution in [-0.4, -0.2) is 18.7 Å². The third-order valence-corrected chi connectivity index (χ3v) is 3.30. The first-order valence-electron chi connectivity index (χ1n) is 7.11. The van der Waals surface area contributed by atoms with Crippen LogP contribution >= 0.6 is 0 Å². The van der Waals surface area contributed by atoms with Crippen LogP contribution in [0.2, 0.25) is 0 Å². The minimum Gasteiger partial charge on any atom is -0.469 e. The Balaban J connectivity index is 1.54. The molecule has 2 aromatic rings. The minimum atomic E-state index is -0.142. The molecule has 1 atom stereocenters. The van der Waals surface area contributed by atoms with Gasteiger partial charge in [-0.25, -0.2) is 0 Å². The molecule has 0 bridgehead atoms. The lowest BCUT2D eigenvalue weighted by Gasteiger charge is -2.10. The van der Waals surface area contributed by atoms with E-state index in [1.54, 1.807) is 12.3 Å². The van der Waals surface area contributed by atoms with Gasteiger partial charge in [0.2, 0.25) is 12.7 Å². The summed E-state index contributed by atoms with van der Waals surface area (Å²) in [7, 11) is 0. The molecule has 3 rings (SSSR count). The molecule has 1 aliphatic heterocycles. The summed E-state index contributed by atoms with van der Waals surface area (Å²) in [6, 6.07) is 9.29. The van der Waals surface area contributed by atoms with Gasteiger partial charge in [0, 0.05) is 18.5 Å². The molecule has 0 spiro atoms. The van der Waals surface area contributed by atoms with Gasteiger partial charge >= 0.3 is 0 Å². The molecule has 5 heteroatoms. The van der Waals surface area contributed by atoms with E-state index in [1.165, 1.54) is 6.08 Å². The zero-order valence-corrected chi connectivity index (χ0v) is 12.2. The van der Waals surface area contributed by atoms with Gasteiger partial charge in [0.1, 0.15) is 5.76 Å². The lowest BCUT2D eigenvalue weighted by atomic mass is 10.1. The summed E-state index contributed by atoms with van der Waals surface area (Å²) in [6.45, 7) is 2.18. The molecule has 5 nitrogen and oxygen atoms in total. The van der Waals surface area contributed by atoms with E-state index in [0.717, 1.165) is 17.1 Å². The highest BCUT2D eigenvalue weighted by molar-refractivity contribution is 5.92. The number of carbonyl (C=O) groups is 1. The van der Waals surface area contributed by atoms with E-state index >= 15 is 0 Å². The fourth-order valence-electron chi connectivity index (χ4n) is 2.26. The second kappa shape index (κ2) is 6.39. The highest BCUT2D eigenvalue weighted by atomic mass is 16.7. The number of hydrogen-bond acceptors (Lipinski definition) is 4. The van der Waals surface area contributed by atoms with E-state index in [-0.39, 0.29) is 18.7 Å². The Labute approximate surface area is 128 Å². The third kappa shape index (κ3) is 3.49. The topological polar surface area (TPSA) is 60.7 Å². The number of fused-ring (bicyclic) bond motifs is 1. The average Bonchev–Trinajstić information content (AvgIpc) is 3.15. The number of nitrogens with one attached hydrogen (secondary N) is 1. The predicted molar refractivity (Wildman–Crippen MR) is 81.6 cm³/mol. The van der Waals surface area contributed by atoms with Crippen LogP contribution in [-0.2, 0) is 11.2 Å². The predicted octanol–water partition coefficient (Wildman–Crippen LogP) is 2.77. The van der Waals surface area contributed by atoms with Crippen LogP contribution in [0.1, 0.15) is 18.2 Å². The Morgan fingerprint density at radius 1 is 1.32 bits per heavy atom. The minimum absolute atomic E-state index is 0.0000499. The third-order valence-electron chi connectivity index (χ3n) is 3.30. The summed E-state index contributed by atoms with van der Waals surface area (Å²) < 4.78 is 15.8. The molecule has 1 aromatic carbocycles. The number of hydrogen-bond donors (Lipinski definition) is 1. The van der Waals surface area contributed by atoms with Crippen LogP contribution < -0.4 is 14.8 Å². The van der Waals surface area contributed by atoms with Crippen molar-refractivity contribution in [1.82, 2.24) is 5.32 Å². The van der Waals surface area contributed by atoms with Gasteiger partial charge in [0.15, 0.2) is 11.5 Å². The van der Waals surface area contributed by atoms with Crippen molar-refractivity contribution in [2.24, 2.45) is 0 Å². The molecule has 1 unspecified atom stereocenters. The van der Waals surface area contributed by atoms with Gasteiger partial charge in [-0.15, -0.1) is 0 Å². The number of rotatable bonds is 5. The molecular weight excluding hydrogens is 282 g/mol. The standard InChI is InChI=1S/C17H17NO4/c1-12(9-14-3-2-8-20-14)18-17(19)7-5-13-4-6-15-16(10-13)22-11-21-15/h2-8,10,12H,9,11H2,1H3,(H,18,19)/b7-5+. The molecule has 114 valence electrons. The summed E-state index contributed by atoms with van der Waals surface area (Å²) in [5, 5.41) is 2.90. The highest BCUT2D eigenvalue weighted by Gasteiger charge is 2.12. The molecule has 0 aliphatic carbocycles. The first-order chi connectivity index (χ1) is 10.7. The second-order valence-corrected chi connectivity index (χ2v) is 5.14. The van der Waals surface area contributed by atoms with Crippen molar-refractivity contribution in [1.29, 1.82) is 0 Å². The van der Waals surface area contributed by atoms with E-state index in [1.807, 2.05) is 37.3 Å². The molecule has 0 fully saturated rings. The highest BCUT2D eigenvalue weighted by Crippen LogP contribution is 2.32. The lowest BCUT2D eigenvalue weighted by Crippen LogP contribution is -2.32. The zero-order chi connectivity index (χ0) is 15.4. The SMILES string of the molecule is CC(Cc1ccco1)NC(=O)/C=C/c1ccc2c(c1)OCO2. The molecule has 0 saturated heterocycles. The van der Waals surface area contributed by atoms with Crippen molar-refractivity contribution < 1.29 is 18.7 Å². The van der Waals surface area contributed by atoms with Crippen LogP contribution in [0.3, 0.4) is 0 Å². The van der Waals surface area contributed by atoms with E-state index in [2.05, 4.69) is 5.32 Å². The van der Waals surface area contributed by atoms with Crippen molar-refractivity contribution in [3.05, 3.63) is 54.0 Å². The second-order valence-electron chi connectivity index (χ2n) is 5.14. The van der Waals surface area contributed by atoms with Crippen molar-refractivity contribution in [2.75, 3.05) is 6.79 Å². The first kappa shape index (κ1) is 14.3. The number of ether oxygens (including phenoxy) is 2. The lowest BCUT2D eigenvalue weighted by molar-refractivity contribution is -0.117. The van der Waals surface area contributed by atoms with Crippen LogP contribution in [0, 0.1) is 0 Å². The van der Waals surface area contributed by atoms with Crippen molar-refractivity contribution in [2.45, 2.75) is 19.4 Å². The summed E-state index contributed by atoms with van der Waals surface area (Å²) in [5.74, 6) is 2.15. The van der Waals surface area contributed by atoms with Crippen molar-refractivity contribution in [3.63, 3.8) is 0 Å². The largest absolute Gasteiger partial charge is 0.469 e. The quantitative estimate of drug-likeness (QED) is 0.862. The molecule has 1 aliphatic rings. The fourth-order valence-corrected chi connectivity index (χ4v) is 2.26. The Morgan fingerprint density at radius 2 is 2.18 bits per heavy atom. The van der Waals surface area contributed by atoms with E-state index in [9.17, 15) is 4.79 Å². The molecule has 0 saturated carbocycles. The van der Waals surface area contributed by atoms with E-state index in [4.69, 9.17) is 13.9 Å². The van der Waals surface area contributed by atoms with Gasteiger partial charge in [0.25, 0.3) is 0 Å². The van der Waals surface area contributed by atoms with E-state index in [0.29, 0.717) is 12.2 Å². The fraction of sp³-hybridized carbons (Fsp3) is 0.235. The molecule has 1 amide bonds. The van der Waals surface area contributed by atoms with Crippen LogP contribution in [0.25, 0.3) is 6.08 Å². The van der Waals surface area contributed by atoms with Crippen LogP contribution in [0.4, 0.5) is 0 Å². The van der Waals surface area contributed by atoms with Gasteiger partial charge in [-0.05, 0) is 42.8 Å².